The predicted octanol–water partition coefficient (Wildman–Crippen LogP) is 3.93. The van der Waals surface area contributed by atoms with Gasteiger partial charge in [-0.3, -0.25) is 14.1 Å². The van der Waals surface area contributed by atoms with Crippen molar-refractivity contribution < 1.29 is 18.7 Å². The molecule has 2 N–H and O–H groups in total. The Kier molecular flexibility index (Phi) is 9.30. The molecule has 3 heterocycles. The zero-order valence-corrected chi connectivity index (χ0v) is 23.8. The minimum absolute atomic E-state index is 0.172. The number of piperazine rings is 1. The van der Waals surface area contributed by atoms with Crippen LogP contribution in [0, 0.1) is 5.82 Å². The normalized spacial score (nSPS) is 13.9. The number of anilines is 2. The molecule has 1 amide bonds. The number of halogens is 2. The summed E-state index contributed by atoms with van der Waals surface area (Å²) in [6.07, 6.45) is 5.04. The highest BCUT2D eigenvalue weighted by Gasteiger charge is 2.17. The first-order valence-electron chi connectivity index (χ1n) is 13.4. The fraction of sp³-hybridized carbons (Fsp3) is 0.345. The minimum atomic E-state index is -0.458. The van der Waals surface area contributed by atoms with E-state index in [1.807, 2.05) is 4.40 Å². The molecule has 1 fully saturated rings. The maximum atomic E-state index is 14.3. The Morgan fingerprint density at radius 1 is 1.17 bits per heavy atom. The Labute approximate surface area is 243 Å². The van der Waals surface area contributed by atoms with E-state index >= 15 is 0 Å². The monoisotopic (exact) mass is 581 g/mol. The van der Waals surface area contributed by atoms with Gasteiger partial charge in [-0.25, -0.2) is 14.4 Å². The van der Waals surface area contributed by atoms with Crippen molar-refractivity contribution in [2.24, 2.45) is 0 Å². The minimum Gasteiger partial charge on any atom is -0.494 e. The lowest BCUT2D eigenvalue weighted by Gasteiger charge is -2.27. The van der Waals surface area contributed by atoms with Gasteiger partial charge >= 0.3 is 0 Å². The average Bonchev–Trinajstić information content (AvgIpc) is 3.42. The molecule has 1 saturated heterocycles. The molecule has 0 radical (unpaired) electrons. The third kappa shape index (κ3) is 6.76. The zero-order valence-electron chi connectivity index (χ0n) is 23.1. The molecule has 12 heteroatoms. The molecule has 0 spiro atoms. The number of amides is 1. The predicted molar refractivity (Wildman–Crippen MR) is 157 cm³/mol. The van der Waals surface area contributed by atoms with Gasteiger partial charge in [0.1, 0.15) is 0 Å². The van der Waals surface area contributed by atoms with E-state index in [0.29, 0.717) is 58.8 Å². The Bertz CT molecular complexity index is 1510. The Hall–Kier alpha value is -3.77. The van der Waals surface area contributed by atoms with Gasteiger partial charge in [0.25, 0.3) is 5.91 Å². The number of fused-ring (bicyclic) bond motifs is 1. The standard InChI is InChI=1S/C29H33ClFN7O3/c1-36(13-15-41-16-14-37-10-7-32-8-11-37)29(39)22-5-4-21(18-23(22)30)35-27-28-34-19-25(38(28)12-9-33-27)20-3-6-26(40-2)24(31)17-20/h3-6,9,12,17-19,32H,7-8,10-11,13-16H2,1-2H3,(H,33,35). The summed E-state index contributed by atoms with van der Waals surface area (Å²) >= 11 is 6.53. The first kappa shape index (κ1) is 28.7. The summed E-state index contributed by atoms with van der Waals surface area (Å²) in [6, 6.07) is 9.89. The average molecular weight is 582 g/mol. The van der Waals surface area contributed by atoms with E-state index in [1.54, 1.807) is 60.9 Å². The number of hydrogen-bond donors (Lipinski definition) is 2. The van der Waals surface area contributed by atoms with Crippen LogP contribution in [-0.4, -0.2) is 96.7 Å². The molecule has 5 rings (SSSR count). The van der Waals surface area contributed by atoms with Crippen molar-refractivity contribution in [1.29, 1.82) is 0 Å². The van der Waals surface area contributed by atoms with Crippen LogP contribution in [0.25, 0.3) is 16.9 Å². The van der Waals surface area contributed by atoms with Crippen molar-refractivity contribution in [1.82, 2.24) is 29.5 Å². The highest BCUT2D eigenvalue weighted by Crippen LogP contribution is 2.29. The number of carbonyl (C=O) groups is 1. The smallest absolute Gasteiger partial charge is 0.255 e. The van der Waals surface area contributed by atoms with E-state index < -0.39 is 5.82 Å². The SMILES string of the molecule is COc1ccc(-c2cnc3c(Nc4ccc(C(=O)N(C)CCOCCN5CCNCC5)c(Cl)c4)nccn23)cc1F. The lowest BCUT2D eigenvalue weighted by atomic mass is 10.1. The fourth-order valence-electron chi connectivity index (χ4n) is 4.69. The number of benzene rings is 2. The quantitative estimate of drug-likeness (QED) is 0.257. The third-order valence-corrected chi connectivity index (χ3v) is 7.33. The van der Waals surface area contributed by atoms with E-state index in [2.05, 4.69) is 25.5 Å². The molecule has 2 aromatic carbocycles. The lowest BCUT2D eigenvalue weighted by molar-refractivity contribution is 0.0643. The topological polar surface area (TPSA) is 96.3 Å². The van der Waals surface area contributed by atoms with E-state index in [4.69, 9.17) is 21.1 Å². The van der Waals surface area contributed by atoms with Crippen LogP contribution in [0.5, 0.6) is 5.75 Å². The Morgan fingerprint density at radius 2 is 2.00 bits per heavy atom. The van der Waals surface area contributed by atoms with Gasteiger partial charge in [0.05, 0.1) is 42.8 Å². The second kappa shape index (κ2) is 13.3. The van der Waals surface area contributed by atoms with Crippen LogP contribution in [0.4, 0.5) is 15.9 Å². The van der Waals surface area contributed by atoms with Gasteiger partial charge in [-0.15, -0.1) is 0 Å². The molecule has 0 saturated carbocycles. The van der Waals surface area contributed by atoms with Gasteiger partial charge in [0.2, 0.25) is 0 Å². The Morgan fingerprint density at radius 3 is 2.76 bits per heavy atom. The summed E-state index contributed by atoms with van der Waals surface area (Å²) < 4.78 is 26.9. The highest BCUT2D eigenvalue weighted by atomic mass is 35.5. The van der Waals surface area contributed by atoms with E-state index in [9.17, 15) is 9.18 Å². The molecule has 0 atom stereocenters. The lowest BCUT2D eigenvalue weighted by Crippen LogP contribution is -2.44. The number of rotatable bonds is 11. The van der Waals surface area contributed by atoms with Crippen molar-refractivity contribution >= 4 is 34.7 Å². The summed E-state index contributed by atoms with van der Waals surface area (Å²) in [7, 11) is 3.16. The molecule has 0 aliphatic carbocycles. The maximum Gasteiger partial charge on any atom is 0.255 e. The number of nitrogens with one attached hydrogen (secondary N) is 2. The maximum absolute atomic E-state index is 14.3. The van der Waals surface area contributed by atoms with Crippen LogP contribution >= 0.6 is 11.6 Å². The third-order valence-electron chi connectivity index (χ3n) is 7.02. The molecule has 10 nitrogen and oxygen atoms in total. The number of likely N-dealkylation sites (N-methyl/N-ethyl adjacent to an activating group) is 1. The molecular formula is C29H33ClFN7O3. The van der Waals surface area contributed by atoms with Gasteiger partial charge in [-0.1, -0.05) is 11.6 Å². The van der Waals surface area contributed by atoms with Crippen molar-refractivity contribution in [2.45, 2.75) is 0 Å². The van der Waals surface area contributed by atoms with Gasteiger partial charge < -0.3 is 25.0 Å². The first-order chi connectivity index (χ1) is 19.9. The Balaban J connectivity index is 1.21. The molecule has 41 heavy (non-hydrogen) atoms. The summed E-state index contributed by atoms with van der Waals surface area (Å²) in [5.41, 5.74) is 2.93. The van der Waals surface area contributed by atoms with Gasteiger partial charge in [0.15, 0.2) is 23.0 Å². The number of imidazole rings is 1. The van der Waals surface area contributed by atoms with E-state index in [1.165, 1.54) is 13.2 Å². The number of methoxy groups -OCH3 is 1. The number of carbonyl (C=O) groups excluding carboxylic acids is 1. The van der Waals surface area contributed by atoms with Crippen molar-refractivity contribution in [3.8, 4) is 17.0 Å². The summed E-state index contributed by atoms with van der Waals surface area (Å²) in [5, 5.41) is 6.88. The van der Waals surface area contributed by atoms with Crippen LogP contribution < -0.4 is 15.4 Å². The van der Waals surface area contributed by atoms with E-state index in [0.717, 1.165) is 32.7 Å². The second-order valence-corrected chi connectivity index (χ2v) is 10.1. The van der Waals surface area contributed by atoms with E-state index in [-0.39, 0.29) is 11.7 Å². The zero-order chi connectivity index (χ0) is 28.8. The molecule has 0 unspecified atom stereocenters. The van der Waals surface area contributed by atoms with Crippen LogP contribution in [0.1, 0.15) is 10.4 Å². The number of hydrogen-bond acceptors (Lipinski definition) is 8. The first-order valence-corrected chi connectivity index (χ1v) is 13.8. The van der Waals surface area contributed by atoms with Gasteiger partial charge in [-0.05, 0) is 36.4 Å². The number of aromatic nitrogens is 3. The molecular weight excluding hydrogens is 549 g/mol. The fourth-order valence-corrected chi connectivity index (χ4v) is 4.95. The molecule has 2 aromatic heterocycles. The summed E-state index contributed by atoms with van der Waals surface area (Å²) in [6.45, 7) is 6.53. The largest absolute Gasteiger partial charge is 0.494 e. The van der Waals surface area contributed by atoms with Crippen LogP contribution in [0.3, 0.4) is 0 Å². The summed E-state index contributed by atoms with van der Waals surface area (Å²) in [5.74, 6) is 0.0157. The molecule has 1 aliphatic rings. The van der Waals surface area contributed by atoms with Gasteiger partial charge in [-0.2, -0.15) is 0 Å². The number of ether oxygens (including phenoxy) is 2. The molecule has 1 aliphatic heterocycles. The molecule has 4 aromatic rings. The van der Waals surface area contributed by atoms with Crippen LogP contribution in [0.2, 0.25) is 5.02 Å². The van der Waals surface area contributed by atoms with Crippen LogP contribution in [0.15, 0.2) is 55.0 Å². The van der Waals surface area contributed by atoms with Crippen molar-refractivity contribution in [3.63, 3.8) is 0 Å². The number of nitrogens with zero attached hydrogens (tertiary/aromatic N) is 5. The summed E-state index contributed by atoms with van der Waals surface area (Å²) in [4.78, 5) is 25.9. The van der Waals surface area contributed by atoms with Crippen LogP contribution in [-0.2, 0) is 4.74 Å². The van der Waals surface area contributed by atoms with Crippen molar-refractivity contribution in [3.05, 3.63) is 71.4 Å². The molecule has 0 bridgehead atoms. The second-order valence-electron chi connectivity index (χ2n) is 9.71. The molecule has 216 valence electrons. The van der Waals surface area contributed by atoms with Crippen molar-refractivity contribution in [2.75, 3.05) is 72.0 Å². The van der Waals surface area contributed by atoms with Gasteiger partial charge in [0, 0.05) is 70.0 Å². The highest BCUT2D eigenvalue weighted by molar-refractivity contribution is 6.34.